The molecule has 0 N–H and O–H groups in total. The topological polar surface area (TPSA) is 64.7 Å². The van der Waals surface area contributed by atoms with Gasteiger partial charge in [0.15, 0.2) is 0 Å². The molecule has 2 atom stereocenters. The van der Waals surface area contributed by atoms with Gasteiger partial charge in [-0.2, -0.15) is 4.98 Å². The first-order valence-corrected chi connectivity index (χ1v) is 7.94. The van der Waals surface area contributed by atoms with E-state index in [1.54, 1.807) is 18.6 Å². The van der Waals surface area contributed by atoms with Crippen LogP contribution >= 0.6 is 0 Å². The van der Waals surface area contributed by atoms with Crippen LogP contribution in [0, 0.1) is 11.8 Å². The molecule has 0 radical (unpaired) electrons. The van der Waals surface area contributed by atoms with E-state index >= 15 is 4.39 Å². The van der Waals surface area contributed by atoms with Crippen LogP contribution in [0.25, 0.3) is 11.5 Å². The number of hydrogen-bond acceptors (Lipinski definition) is 5. The summed E-state index contributed by atoms with van der Waals surface area (Å²) in [6, 6.07) is 0. The van der Waals surface area contributed by atoms with Gasteiger partial charge in [0.25, 0.3) is 0 Å². The fraction of sp³-hybridized carbons (Fsp3) is 0.625. The third-order valence-electron chi connectivity index (χ3n) is 5.66. The van der Waals surface area contributed by atoms with Gasteiger partial charge in [0.2, 0.25) is 11.7 Å². The van der Waals surface area contributed by atoms with Gasteiger partial charge in [-0.15, -0.1) is 0 Å². The molecule has 2 aromatic heterocycles. The average Bonchev–Trinajstić information content (AvgIpc) is 2.96. The van der Waals surface area contributed by atoms with Crippen molar-refractivity contribution in [1.82, 2.24) is 20.1 Å². The Labute approximate surface area is 127 Å². The van der Waals surface area contributed by atoms with Crippen molar-refractivity contribution < 1.29 is 8.91 Å². The van der Waals surface area contributed by atoms with Crippen LogP contribution in [-0.2, 0) is 5.41 Å². The average molecular weight is 300 g/mol. The minimum atomic E-state index is -1.02. The number of rotatable bonds is 2. The highest BCUT2D eigenvalue weighted by Gasteiger charge is 2.61. The summed E-state index contributed by atoms with van der Waals surface area (Å²) in [5, 5.41) is 4.06. The van der Waals surface area contributed by atoms with E-state index in [-0.39, 0.29) is 5.41 Å². The van der Waals surface area contributed by atoms with E-state index in [1.807, 2.05) is 0 Å². The number of aromatic nitrogens is 4. The Kier molecular flexibility index (Phi) is 2.37. The molecule has 6 heteroatoms. The number of nitrogens with zero attached hydrogens (tertiary/aromatic N) is 4. The molecule has 0 aliphatic heterocycles. The summed E-state index contributed by atoms with van der Waals surface area (Å²) in [6.07, 6.45) is 9.93. The minimum Gasteiger partial charge on any atom is -0.338 e. The lowest BCUT2D eigenvalue weighted by atomic mass is 9.48. The van der Waals surface area contributed by atoms with Crippen LogP contribution < -0.4 is 0 Å². The van der Waals surface area contributed by atoms with Gasteiger partial charge in [-0.3, -0.25) is 4.98 Å². The lowest BCUT2D eigenvalue weighted by molar-refractivity contribution is -0.0979. The van der Waals surface area contributed by atoms with E-state index in [0.29, 0.717) is 35.7 Å². The van der Waals surface area contributed by atoms with Gasteiger partial charge >= 0.3 is 0 Å². The van der Waals surface area contributed by atoms with Crippen LogP contribution in [0.3, 0.4) is 0 Å². The molecule has 0 saturated heterocycles. The quantitative estimate of drug-likeness (QED) is 0.852. The Morgan fingerprint density at radius 1 is 1.14 bits per heavy atom. The van der Waals surface area contributed by atoms with Crippen LogP contribution in [0.5, 0.6) is 0 Å². The Morgan fingerprint density at radius 3 is 2.64 bits per heavy atom. The molecule has 2 heterocycles. The number of hydrogen-bond donors (Lipinski definition) is 0. The van der Waals surface area contributed by atoms with Crippen LogP contribution in [-0.4, -0.2) is 25.8 Å². The Hall–Kier alpha value is -1.85. The highest BCUT2D eigenvalue weighted by atomic mass is 19.1. The van der Waals surface area contributed by atoms with Crippen LogP contribution in [0.4, 0.5) is 4.39 Å². The Balaban J connectivity index is 1.54. The zero-order valence-corrected chi connectivity index (χ0v) is 12.2. The van der Waals surface area contributed by atoms with E-state index < -0.39 is 5.67 Å². The molecule has 5 nitrogen and oxygen atoms in total. The van der Waals surface area contributed by atoms with Gasteiger partial charge in [-0.1, -0.05) is 5.16 Å². The summed E-state index contributed by atoms with van der Waals surface area (Å²) in [4.78, 5) is 12.8. The van der Waals surface area contributed by atoms with Crippen molar-refractivity contribution in [2.24, 2.45) is 11.8 Å². The second kappa shape index (κ2) is 4.12. The molecule has 4 aliphatic carbocycles. The fourth-order valence-corrected chi connectivity index (χ4v) is 5.36. The highest BCUT2D eigenvalue weighted by molar-refractivity contribution is 5.45. The van der Waals surface area contributed by atoms with Crippen LogP contribution in [0.2, 0.25) is 0 Å². The third-order valence-corrected chi connectivity index (χ3v) is 5.66. The maximum Gasteiger partial charge on any atom is 0.233 e. The zero-order valence-electron chi connectivity index (χ0n) is 12.2. The summed E-state index contributed by atoms with van der Waals surface area (Å²) < 4.78 is 20.6. The zero-order chi connectivity index (χ0) is 14.8. The molecule has 2 aromatic rings. The molecule has 0 amide bonds. The molecule has 4 saturated carbocycles. The van der Waals surface area contributed by atoms with E-state index in [1.165, 1.54) is 6.42 Å². The van der Waals surface area contributed by atoms with Crippen molar-refractivity contribution in [1.29, 1.82) is 0 Å². The molecular weight excluding hydrogens is 283 g/mol. The van der Waals surface area contributed by atoms with E-state index in [9.17, 15) is 0 Å². The van der Waals surface area contributed by atoms with Gasteiger partial charge in [-0.25, -0.2) is 9.37 Å². The highest BCUT2D eigenvalue weighted by Crippen LogP contribution is 2.63. The monoisotopic (exact) mass is 300 g/mol. The van der Waals surface area contributed by atoms with Crippen LogP contribution in [0.1, 0.15) is 44.4 Å². The smallest absolute Gasteiger partial charge is 0.233 e. The molecule has 114 valence electrons. The number of halogens is 1. The molecule has 22 heavy (non-hydrogen) atoms. The molecule has 6 rings (SSSR count). The summed E-state index contributed by atoms with van der Waals surface area (Å²) in [7, 11) is 0. The first kappa shape index (κ1) is 12.7. The van der Waals surface area contributed by atoms with Gasteiger partial charge < -0.3 is 4.52 Å². The van der Waals surface area contributed by atoms with Crippen molar-refractivity contribution in [3.63, 3.8) is 0 Å². The maximum absolute atomic E-state index is 15.0. The van der Waals surface area contributed by atoms with Gasteiger partial charge in [0.1, 0.15) is 11.4 Å². The van der Waals surface area contributed by atoms with Crippen LogP contribution in [0.15, 0.2) is 23.1 Å². The minimum absolute atomic E-state index is 0.258. The second-order valence-corrected chi connectivity index (χ2v) is 7.41. The van der Waals surface area contributed by atoms with Gasteiger partial charge in [0, 0.05) is 12.4 Å². The summed E-state index contributed by atoms with van der Waals surface area (Å²) in [5.74, 6) is 1.99. The largest absolute Gasteiger partial charge is 0.338 e. The van der Waals surface area contributed by atoms with Crippen molar-refractivity contribution >= 4 is 0 Å². The second-order valence-electron chi connectivity index (χ2n) is 7.41. The van der Waals surface area contributed by atoms with Crippen molar-refractivity contribution in [2.45, 2.75) is 49.6 Å². The Bertz CT molecular complexity index is 702. The SMILES string of the molecule is FC12CC3CC(C1)CC(c1nc(-c4cnccn4)no1)(C3)C2. The molecule has 4 aliphatic rings. The Morgan fingerprint density at radius 2 is 1.95 bits per heavy atom. The molecule has 4 fully saturated rings. The fourth-order valence-electron chi connectivity index (χ4n) is 5.36. The van der Waals surface area contributed by atoms with E-state index in [0.717, 1.165) is 25.7 Å². The normalized spacial score (nSPS) is 39.3. The van der Waals surface area contributed by atoms with Crippen molar-refractivity contribution in [3.8, 4) is 11.5 Å². The van der Waals surface area contributed by atoms with Gasteiger partial charge in [0.05, 0.1) is 11.6 Å². The van der Waals surface area contributed by atoms with E-state index in [2.05, 4.69) is 20.1 Å². The molecular formula is C16H17FN4O. The molecule has 0 aromatic carbocycles. The first-order chi connectivity index (χ1) is 10.6. The summed E-state index contributed by atoms with van der Waals surface area (Å²) >= 11 is 0. The molecule has 0 spiro atoms. The number of alkyl halides is 1. The van der Waals surface area contributed by atoms with Crippen molar-refractivity contribution in [2.75, 3.05) is 0 Å². The van der Waals surface area contributed by atoms with Gasteiger partial charge in [-0.05, 0) is 50.4 Å². The summed E-state index contributed by atoms with van der Waals surface area (Å²) in [5.41, 5.74) is -0.686. The first-order valence-electron chi connectivity index (χ1n) is 7.94. The molecule has 4 bridgehead atoms. The van der Waals surface area contributed by atoms with Crippen molar-refractivity contribution in [3.05, 3.63) is 24.5 Å². The lowest BCUT2D eigenvalue weighted by Gasteiger charge is -2.57. The molecule has 2 unspecified atom stereocenters. The summed E-state index contributed by atoms with van der Waals surface area (Å²) in [6.45, 7) is 0. The third kappa shape index (κ3) is 1.76. The van der Waals surface area contributed by atoms with E-state index in [4.69, 9.17) is 4.52 Å². The maximum atomic E-state index is 15.0. The predicted octanol–water partition coefficient (Wildman–Crippen LogP) is 3.09. The standard InChI is InChI=1S/C16H17FN4O/c17-16-6-10-3-11(7-16)5-15(4-10,9-16)14-20-13(21-22-14)12-8-18-1-2-19-12/h1-2,8,10-11H,3-7,9H2. The predicted molar refractivity (Wildman–Crippen MR) is 75.5 cm³/mol. The lowest BCUT2D eigenvalue weighted by Crippen LogP contribution is -2.55.